The Hall–Kier alpha value is -2.15. The molecule has 2 N–H and O–H groups in total. The Morgan fingerprint density at radius 1 is 1.10 bits per heavy atom. The number of hydrogen-bond acceptors (Lipinski definition) is 3. The molecule has 0 aromatic heterocycles. The van der Waals surface area contributed by atoms with Crippen molar-refractivity contribution in [1.82, 2.24) is 0 Å². The van der Waals surface area contributed by atoms with Crippen LogP contribution in [0.4, 0.5) is 20.2 Å². The lowest BCUT2D eigenvalue weighted by molar-refractivity contribution is 0.521. The molecule has 2 aromatic rings. The van der Waals surface area contributed by atoms with Crippen LogP contribution in [0.5, 0.6) is 0 Å². The first-order valence-corrected chi connectivity index (χ1v) is 7.79. The summed E-state index contributed by atoms with van der Waals surface area (Å²) in [7, 11) is -4.31. The molecular formula is C14H12F2N2O2S. The van der Waals surface area contributed by atoms with Crippen LogP contribution in [0.25, 0.3) is 0 Å². The van der Waals surface area contributed by atoms with Crippen molar-refractivity contribution >= 4 is 21.4 Å². The van der Waals surface area contributed by atoms with Gasteiger partial charge in [0, 0.05) is 17.9 Å². The molecule has 7 heteroatoms. The minimum Gasteiger partial charge on any atom is -0.384 e. The first kappa shape index (κ1) is 13.8. The molecule has 1 aliphatic heterocycles. The summed E-state index contributed by atoms with van der Waals surface area (Å²) in [4.78, 5) is -0.969. The van der Waals surface area contributed by atoms with E-state index in [4.69, 9.17) is 0 Å². The van der Waals surface area contributed by atoms with E-state index in [1.807, 2.05) is 0 Å². The molecule has 21 heavy (non-hydrogen) atoms. The molecule has 0 amide bonds. The van der Waals surface area contributed by atoms with Gasteiger partial charge in [0.1, 0.15) is 11.6 Å². The third kappa shape index (κ3) is 2.56. The average Bonchev–Trinajstić information content (AvgIpc) is 2.85. The van der Waals surface area contributed by atoms with Crippen molar-refractivity contribution in [3.05, 3.63) is 53.6 Å². The Bertz CT molecular complexity index is 786. The highest BCUT2D eigenvalue weighted by Crippen LogP contribution is 2.27. The second-order valence-corrected chi connectivity index (χ2v) is 6.32. The second-order valence-electron chi connectivity index (χ2n) is 4.70. The van der Waals surface area contributed by atoms with Crippen LogP contribution in [0.3, 0.4) is 0 Å². The molecule has 0 bridgehead atoms. The van der Waals surface area contributed by atoms with E-state index in [0.29, 0.717) is 0 Å². The standard InChI is InChI=1S/C14H12F2N2O2S/c15-11-2-1-3-12(16)14(11)21(19,20)18-10-4-5-13-9(8-10)6-7-17-13/h1-5,8,17-18H,6-7H2. The number of hydrogen-bond donors (Lipinski definition) is 2. The molecule has 0 aliphatic carbocycles. The fourth-order valence-electron chi connectivity index (χ4n) is 2.31. The highest BCUT2D eigenvalue weighted by Gasteiger charge is 2.24. The lowest BCUT2D eigenvalue weighted by Crippen LogP contribution is -2.16. The Morgan fingerprint density at radius 3 is 2.52 bits per heavy atom. The molecule has 0 radical (unpaired) electrons. The van der Waals surface area contributed by atoms with Gasteiger partial charge >= 0.3 is 0 Å². The van der Waals surface area contributed by atoms with Crippen molar-refractivity contribution in [3.8, 4) is 0 Å². The summed E-state index contributed by atoms with van der Waals surface area (Å²) in [5.74, 6) is -2.24. The smallest absolute Gasteiger partial charge is 0.267 e. The van der Waals surface area contributed by atoms with Crippen molar-refractivity contribution in [2.24, 2.45) is 0 Å². The van der Waals surface area contributed by atoms with Gasteiger partial charge in [-0.2, -0.15) is 0 Å². The SMILES string of the molecule is O=S(=O)(Nc1ccc2c(c1)CCN2)c1c(F)cccc1F. The third-order valence-corrected chi connectivity index (χ3v) is 4.69. The number of rotatable bonds is 3. The van der Waals surface area contributed by atoms with Gasteiger partial charge in [0.05, 0.1) is 0 Å². The Kier molecular flexibility index (Phi) is 3.29. The fourth-order valence-corrected chi connectivity index (χ4v) is 3.50. The van der Waals surface area contributed by atoms with Crippen LogP contribution in [0.1, 0.15) is 5.56 Å². The van der Waals surface area contributed by atoms with Gasteiger partial charge in [0.2, 0.25) is 0 Å². The van der Waals surface area contributed by atoms with Crippen molar-refractivity contribution in [2.45, 2.75) is 11.3 Å². The Morgan fingerprint density at radius 2 is 1.81 bits per heavy atom. The zero-order chi connectivity index (χ0) is 15.0. The van der Waals surface area contributed by atoms with E-state index in [9.17, 15) is 17.2 Å². The fraction of sp³-hybridized carbons (Fsp3) is 0.143. The highest BCUT2D eigenvalue weighted by molar-refractivity contribution is 7.92. The first-order valence-electron chi connectivity index (χ1n) is 6.31. The summed E-state index contributed by atoms with van der Waals surface area (Å²) in [5, 5.41) is 3.14. The van der Waals surface area contributed by atoms with E-state index in [2.05, 4.69) is 10.0 Å². The predicted octanol–water partition coefficient (Wildman–Crippen LogP) is 2.73. The van der Waals surface area contributed by atoms with Crippen LogP contribution in [0.15, 0.2) is 41.3 Å². The van der Waals surface area contributed by atoms with E-state index in [1.165, 1.54) is 0 Å². The topological polar surface area (TPSA) is 58.2 Å². The summed E-state index contributed by atoms with van der Waals surface area (Å²) < 4.78 is 53.7. The normalized spacial score (nSPS) is 13.6. The third-order valence-electron chi connectivity index (χ3n) is 3.25. The molecule has 1 heterocycles. The van der Waals surface area contributed by atoms with Crippen LogP contribution in [0, 0.1) is 11.6 Å². The van der Waals surface area contributed by atoms with Gasteiger partial charge in [0.15, 0.2) is 4.90 Å². The minimum atomic E-state index is -4.31. The van der Waals surface area contributed by atoms with E-state index in [-0.39, 0.29) is 5.69 Å². The molecule has 0 spiro atoms. The van der Waals surface area contributed by atoms with Crippen molar-refractivity contribution in [1.29, 1.82) is 0 Å². The number of halogens is 2. The second kappa shape index (κ2) is 5.00. The quantitative estimate of drug-likeness (QED) is 0.916. The number of sulfonamides is 1. The number of nitrogens with one attached hydrogen (secondary N) is 2. The zero-order valence-electron chi connectivity index (χ0n) is 10.9. The number of benzene rings is 2. The van der Waals surface area contributed by atoms with Crippen LogP contribution in [-0.2, 0) is 16.4 Å². The first-order chi connectivity index (χ1) is 9.97. The lowest BCUT2D eigenvalue weighted by atomic mass is 10.1. The van der Waals surface area contributed by atoms with Gasteiger partial charge in [-0.3, -0.25) is 4.72 Å². The average molecular weight is 310 g/mol. The molecule has 2 aromatic carbocycles. The summed E-state index contributed by atoms with van der Waals surface area (Å²) >= 11 is 0. The summed E-state index contributed by atoms with van der Waals surface area (Å²) in [6.45, 7) is 0.785. The van der Waals surface area contributed by atoms with Gasteiger partial charge in [-0.25, -0.2) is 17.2 Å². The molecule has 0 fully saturated rings. The molecule has 1 aliphatic rings. The molecule has 110 valence electrons. The van der Waals surface area contributed by atoms with Crippen LogP contribution in [-0.4, -0.2) is 15.0 Å². The van der Waals surface area contributed by atoms with Gasteiger partial charge in [0.25, 0.3) is 10.0 Å². The maximum Gasteiger partial charge on any atom is 0.267 e. The zero-order valence-corrected chi connectivity index (χ0v) is 11.7. The van der Waals surface area contributed by atoms with Gasteiger partial charge < -0.3 is 5.32 Å². The highest BCUT2D eigenvalue weighted by atomic mass is 32.2. The molecule has 0 saturated carbocycles. The van der Waals surface area contributed by atoms with E-state index in [0.717, 1.165) is 42.4 Å². The minimum absolute atomic E-state index is 0.278. The van der Waals surface area contributed by atoms with Crippen molar-refractivity contribution in [2.75, 3.05) is 16.6 Å². The Labute approximate surface area is 120 Å². The van der Waals surface area contributed by atoms with Crippen LogP contribution < -0.4 is 10.0 Å². The lowest BCUT2D eigenvalue weighted by Gasteiger charge is -2.10. The van der Waals surface area contributed by atoms with Gasteiger partial charge in [-0.1, -0.05) is 6.07 Å². The summed E-state index contributed by atoms with van der Waals surface area (Å²) in [5.41, 5.74) is 2.18. The van der Waals surface area contributed by atoms with Crippen molar-refractivity contribution in [3.63, 3.8) is 0 Å². The molecule has 0 saturated heterocycles. The van der Waals surface area contributed by atoms with Gasteiger partial charge in [-0.05, 0) is 42.3 Å². The number of anilines is 2. The van der Waals surface area contributed by atoms with E-state index >= 15 is 0 Å². The molecular weight excluding hydrogens is 298 g/mol. The summed E-state index contributed by atoms with van der Waals surface area (Å²) in [6.07, 6.45) is 0.777. The molecule has 0 atom stereocenters. The monoisotopic (exact) mass is 310 g/mol. The van der Waals surface area contributed by atoms with Gasteiger partial charge in [-0.15, -0.1) is 0 Å². The molecule has 3 rings (SSSR count). The maximum absolute atomic E-state index is 13.6. The van der Waals surface area contributed by atoms with E-state index < -0.39 is 26.6 Å². The number of fused-ring (bicyclic) bond motifs is 1. The molecule has 4 nitrogen and oxygen atoms in total. The van der Waals surface area contributed by atoms with Crippen LogP contribution in [0.2, 0.25) is 0 Å². The maximum atomic E-state index is 13.6. The Balaban J connectivity index is 1.97. The molecule has 0 unspecified atom stereocenters. The summed E-state index contributed by atoms with van der Waals surface area (Å²) in [6, 6.07) is 7.87. The van der Waals surface area contributed by atoms with E-state index in [1.54, 1.807) is 18.2 Å². The predicted molar refractivity (Wildman–Crippen MR) is 75.8 cm³/mol. The van der Waals surface area contributed by atoms with Crippen LogP contribution >= 0.6 is 0 Å². The van der Waals surface area contributed by atoms with Crippen molar-refractivity contribution < 1.29 is 17.2 Å². The largest absolute Gasteiger partial charge is 0.384 e.